The van der Waals surface area contributed by atoms with Crippen molar-refractivity contribution in [1.29, 1.82) is 0 Å². The van der Waals surface area contributed by atoms with Crippen LogP contribution >= 0.6 is 0 Å². The van der Waals surface area contributed by atoms with Crippen LogP contribution in [0.3, 0.4) is 0 Å². The first kappa shape index (κ1) is 18.6. The monoisotopic (exact) mass is 367 g/mol. The fourth-order valence-electron chi connectivity index (χ4n) is 3.06. The number of amides is 1. The number of anilines is 1. The van der Waals surface area contributed by atoms with Crippen LogP contribution in [0, 0.1) is 0 Å². The predicted octanol–water partition coefficient (Wildman–Crippen LogP) is 3.62. The van der Waals surface area contributed by atoms with E-state index in [1.807, 2.05) is 12.1 Å². The summed E-state index contributed by atoms with van der Waals surface area (Å²) in [7, 11) is 0. The zero-order valence-corrected chi connectivity index (χ0v) is 15.4. The van der Waals surface area contributed by atoms with Crippen molar-refractivity contribution in [3.63, 3.8) is 0 Å². The quantitative estimate of drug-likeness (QED) is 0.805. The molecule has 0 radical (unpaired) electrons. The lowest BCUT2D eigenvalue weighted by Gasteiger charge is -2.33. The molecular weight excluding hydrogens is 346 g/mol. The summed E-state index contributed by atoms with van der Waals surface area (Å²) in [6, 6.07) is 11.4. The van der Waals surface area contributed by atoms with Crippen LogP contribution in [0.25, 0.3) is 0 Å². The van der Waals surface area contributed by atoms with Gasteiger partial charge in [-0.25, -0.2) is 9.59 Å². The van der Waals surface area contributed by atoms with Crippen LogP contribution in [0.5, 0.6) is 0 Å². The van der Waals surface area contributed by atoms with Gasteiger partial charge in [-0.3, -0.25) is 4.79 Å². The summed E-state index contributed by atoms with van der Waals surface area (Å²) in [5.74, 6) is -1.72. The van der Waals surface area contributed by atoms with Crippen LogP contribution in [-0.4, -0.2) is 28.6 Å². The van der Waals surface area contributed by atoms with E-state index in [2.05, 4.69) is 19.2 Å². The summed E-state index contributed by atoms with van der Waals surface area (Å²) in [6.45, 7) is 5.71. The second kappa shape index (κ2) is 6.87. The van der Waals surface area contributed by atoms with Gasteiger partial charge in [0.05, 0.1) is 11.1 Å². The Morgan fingerprint density at radius 2 is 1.81 bits per heavy atom. The van der Waals surface area contributed by atoms with Gasteiger partial charge in [0, 0.05) is 12.1 Å². The molecule has 1 amide bonds. The lowest BCUT2D eigenvalue weighted by molar-refractivity contribution is -0.134. The lowest BCUT2D eigenvalue weighted by Crippen LogP contribution is -2.49. The number of esters is 1. The smallest absolute Gasteiger partial charge is 0.339 e. The highest BCUT2D eigenvalue weighted by Gasteiger charge is 2.42. The number of ether oxygens (including phenoxy) is 1. The molecule has 27 heavy (non-hydrogen) atoms. The second-order valence-corrected chi connectivity index (χ2v) is 7.21. The zero-order valence-electron chi connectivity index (χ0n) is 15.4. The Morgan fingerprint density at radius 1 is 1.15 bits per heavy atom. The molecule has 6 heteroatoms. The van der Waals surface area contributed by atoms with Crippen molar-refractivity contribution in [1.82, 2.24) is 0 Å². The average Bonchev–Trinajstić information content (AvgIpc) is 2.61. The summed E-state index contributed by atoms with van der Waals surface area (Å²) in [4.78, 5) is 36.1. The molecule has 0 aliphatic carbocycles. The number of carboxylic acid groups (broad SMARTS) is 1. The zero-order chi connectivity index (χ0) is 19.8. The van der Waals surface area contributed by atoms with Gasteiger partial charge in [0.1, 0.15) is 0 Å². The third-order valence-corrected chi connectivity index (χ3v) is 4.73. The number of benzene rings is 2. The highest BCUT2D eigenvalue weighted by Crippen LogP contribution is 2.31. The van der Waals surface area contributed by atoms with Gasteiger partial charge in [-0.1, -0.05) is 26.0 Å². The van der Waals surface area contributed by atoms with E-state index in [4.69, 9.17) is 9.84 Å². The topological polar surface area (TPSA) is 92.7 Å². The number of rotatable bonds is 4. The SMILES string of the molecule is CC(C)c1ccc2c(c1)CC(C)(C(=O)Nc1ccc(C(=O)O)cc1)OC2=O. The Morgan fingerprint density at radius 3 is 2.41 bits per heavy atom. The van der Waals surface area contributed by atoms with E-state index in [-0.39, 0.29) is 12.0 Å². The Bertz CT molecular complexity index is 917. The van der Waals surface area contributed by atoms with Crippen LogP contribution in [0.1, 0.15) is 58.5 Å². The van der Waals surface area contributed by atoms with Crippen molar-refractivity contribution < 1.29 is 24.2 Å². The maximum Gasteiger partial charge on any atom is 0.339 e. The molecule has 0 bridgehead atoms. The van der Waals surface area contributed by atoms with Gasteiger partial charge in [0.2, 0.25) is 0 Å². The first-order chi connectivity index (χ1) is 12.7. The highest BCUT2D eigenvalue weighted by molar-refractivity contribution is 6.02. The van der Waals surface area contributed by atoms with E-state index in [1.165, 1.54) is 24.3 Å². The van der Waals surface area contributed by atoms with Gasteiger partial charge in [-0.05, 0) is 54.3 Å². The number of hydrogen-bond acceptors (Lipinski definition) is 4. The van der Waals surface area contributed by atoms with Gasteiger partial charge >= 0.3 is 11.9 Å². The molecule has 1 aliphatic heterocycles. The summed E-state index contributed by atoms with van der Waals surface area (Å²) < 4.78 is 5.45. The average molecular weight is 367 g/mol. The maximum atomic E-state index is 12.8. The van der Waals surface area contributed by atoms with Crippen molar-refractivity contribution in [2.75, 3.05) is 5.32 Å². The van der Waals surface area contributed by atoms with Gasteiger partial charge in [-0.15, -0.1) is 0 Å². The molecule has 0 saturated carbocycles. The molecular formula is C21H21NO5. The standard InChI is InChI=1S/C21H21NO5/c1-12(2)14-6-9-17-15(10-14)11-21(3,27-19(17)25)20(26)22-16-7-4-13(5-8-16)18(23)24/h4-10,12H,11H2,1-3H3,(H,22,26)(H,23,24). The molecule has 2 aromatic rings. The van der Waals surface area contributed by atoms with Gasteiger partial charge < -0.3 is 15.2 Å². The number of aromatic carboxylic acids is 1. The molecule has 1 atom stereocenters. The highest BCUT2D eigenvalue weighted by atomic mass is 16.6. The molecule has 0 fully saturated rings. The van der Waals surface area contributed by atoms with E-state index in [9.17, 15) is 14.4 Å². The molecule has 140 valence electrons. The summed E-state index contributed by atoms with van der Waals surface area (Å²) >= 11 is 0. The van der Waals surface area contributed by atoms with Gasteiger partial charge in [0.25, 0.3) is 5.91 Å². The first-order valence-corrected chi connectivity index (χ1v) is 8.70. The minimum atomic E-state index is -1.34. The van der Waals surface area contributed by atoms with E-state index >= 15 is 0 Å². The lowest BCUT2D eigenvalue weighted by atomic mass is 9.86. The molecule has 0 spiro atoms. The molecule has 0 saturated heterocycles. The van der Waals surface area contributed by atoms with Crippen LogP contribution in [0.15, 0.2) is 42.5 Å². The number of hydrogen-bond donors (Lipinski definition) is 2. The Balaban J connectivity index is 1.83. The molecule has 3 rings (SSSR count). The molecule has 0 aromatic heterocycles. The van der Waals surface area contributed by atoms with Crippen LogP contribution in [-0.2, 0) is 16.0 Å². The van der Waals surface area contributed by atoms with E-state index in [0.29, 0.717) is 17.2 Å². The molecule has 6 nitrogen and oxygen atoms in total. The summed E-state index contributed by atoms with van der Waals surface area (Å²) in [5.41, 5.74) is 1.58. The summed E-state index contributed by atoms with van der Waals surface area (Å²) in [6.07, 6.45) is 0.272. The normalized spacial score (nSPS) is 18.6. The fourth-order valence-corrected chi connectivity index (χ4v) is 3.06. The molecule has 2 N–H and O–H groups in total. The number of carbonyl (C=O) groups excluding carboxylic acids is 2. The van der Waals surface area contributed by atoms with Crippen molar-refractivity contribution in [2.45, 2.75) is 38.7 Å². The fraction of sp³-hybridized carbons (Fsp3) is 0.286. The molecule has 2 aromatic carbocycles. The number of carboxylic acids is 1. The Hall–Kier alpha value is -3.15. The number of nitrogens with one attached hydrogen (secondary N) is 1. The van der Waals surface area contributed by atoms with Crippen LogP contribution < -0.4 is 5.32 Å². The Kier molecular flexibility index (Phi) is 4.74. The minimum absolute atomic E-state index is 0.124. The predicted molar refractivity (Wildman–Crippen MR) is 100 cm³/mol. The van der Waals surface area contributed by atoms with Crippen LogP contribution in [0.2, 0.25) is 0 Å². The molecule has 1 heterocycles. The summed E-state index contributed by atoms with van der Waals surface area (Å²) in [5, 5.41) is 11.6. The van der Waals surface area contributed by atoms with Crippen molar-refractivity contribution in [3.05, 3.63) is 64.7 Å². The first-order valence-electron chi connectivity index (χ1n) is 8.70. The maximum absolute atomic E-state index is 12.8. The third kappa shape index (κ3) is 3.69. The second-order valence-electron chi connectivity index (χ2n) is 7.21. The number of carbonyl (C=O) groups is 3. The molecule has 1 unspecified atom stereocenters. The van der Waals surface area contributed by atoms with Gasteiger partial charge in [-0.2, -0.15) is 0 Å². The van der Waals surface area contributed by atoms with Gasteiger partial charge in [0.15, 0.2) is 5.60 Å². The minimum Gasteiger partial charge on any atom is -0.478 e. The number of fused-ring (bicyclic) bond motifs is 1. The van der Waals surface area contributed by atoms with E-state index in [0.717, 1.165) is 11.1 Å². The number of cyclic esters (lactones) is 1. The molecule has 1 aliphatic rings. The van der Waals surface area contributed by atoms with E-state index in [1.54, 1.807) is 13.0 Å². The third-order valence-electron chi connectivity index (χ3n) is 4.73. The van der Waals surface area contributed by atoms with Crippen molar-refractivity contribution in [3.8, 4) is 0 Å². The van der Waals surface area contributed by atoms with Crippen LogP contribution in [0.4, 0.5) is 5.69 Å². The van der Waals surface area contributed by atoms with Crippen molar-refractivity contribution in [2.24, 2.45) is 0 Å². The largest absolute Gasteiger partial charge is 0.478 e. The van der Waals surface area contributed by atoms with E-state index < -0.39 is 23.4 Å². The Labute approximate surface area is 157 Å². The van der Waals surface area contributed by atoms with Crippen molar-refractivity contribution >= 4 is 23.5 Å².